The van der Waals surface area contributed by atoms with Crippen molar-refractivity contribution in [3.8, 4) is 0 Å². The van der Waals surface area contributed by atoms with Gasteiger partial charge < -0.3 is 10.6 Å². The van der Waals surface area contributed by atoms with Crippen molar-refractivity contribution < 1.29 is 18.0 Å². The number of hydrogen-bond acceptors (Lipinski definition) is 5. The minimum Gasteiger partial charge on any atom is -0.348 e. The van der Waals surface area contributed by atoms with Crippen LogP contribution in [0.3, 0.4) is 0 Å². The number of rotatable bonds is 7. The van der Waals surface area contributed by atoms with Crippen LogP contribution in [0.4, 0.5) is 0 Å². The van der Waals surface area contributed by atoms with Crippen LogP contribution in [0.5, 0.6) is 0 Å². The predicted molar refractivity (Wildman–Crippen MR) is 107 cm³/mol. The van der Waals surface area contributed by atoms with Gasteiger partial charge in [0.25, 0.3) is 0 Å². The highest BCUT2D eigenvalue weighted by molar-refractivity contribution is 7.89. The van der Waals surface area contributed by atoms with E-state index in [1.165, 1.54) is 4.31 Å². The number of sulfonamides is 1. The second-order valence-corrected chi connectivity index (χ2v) is 8.74. The van der Waals surface area contributed by atoms with E-state index in [2.05, 4.69) is 15.6 Å². The van der Waals surface area contributed by atoms with E-state index in [0.717, 1.165) is 24.0 Å². The van der Waals surface area contributed by atoms with Gasteiger partial charge in [-0.3, -0.25) is 14.6 Å². The zero-order valence-electron chi connectivity index (χ0n) is 16.0. The maximum Gasteiger partial charge on any atom is 0.309 e. The van der Waals surface area contributed by atoms with Gasteiger partial charge in [-0.1, -0.05) is 18.2 Å². The van der Waals surface area contributed by atoms with Crippen molar-refractivity contribution >= 4 is 21.8 Å². The summed E-state index contributed by atoms with van der Waals surface area (Å²) in [4.78, 5) is 27.9. The Kier molecular flexibility index (Phi) is 6.95. The second-order valence-electron chi connectivity index (χ2n) is 6.80. The fourth-order valence-electron chi connectivity index (χ4n) is 3.07. The molecule has 0 spiro atoms. The van der Waals surface area contributed by atoms with Gasteiger partial charge >= 0.3 is 11.8 Å². The molecule has 9 heteroatoms. The van der Waals surface area contributed by atoms with Crippen molar-refractivity contribution in [2.24, 2.45) is 0 Å². The Morgan fingerprint density at radius 3 is 2.31 bits per heavy atom. The van der Waals surface area contributed by atoms with Gasteiger partial charge in [0.05, 0.1) is 4.90 Å². The van der Waals surface area contributed by atoms with Crippen molar-refractivity contribution in [3.05, 3.63) is 59.9 Å². The Balaban J connectivity index is 1.44. The number of aromatic nitrogens is 1. The topological polar surface area (TPSA) is 108 Å². The molecule has 3 rings (SSSR count). The molecule has 1 aromatic carbocycles. The van der Waals surface area contributed by atoms with Crippen LogP contribution in [0.25, 0.3) is 0 Å². The normalized spacial score (nSPS) is 14.5. The van der Waals surface area contributed by atoms with E-state index < -0.39 is 21.8 Å². The van der Waals surface area contributed by atoms with Crippen LogP contribution in [-0.2, 0) is 32.6 Å². The van der Waals surface area contributed by atoms with Crippen LogP contribution in [-0.4, -0.2) is 49.2 Å². The van der Waals surface area contributed by atoms with Gasteiger partial charge in [-0.25, -0.2) is 8.42 Å². The number of nitrogens with one attached hydrogen (secondary N) is 2. The molecule has 0 radical (unpaired) electrons. The van der Waals surface area contributed by atoms with Gasteiger partial charge in [0.15, 0.2) is 0 Å². The summed E-state index contributed by atoms with van der Waals surface area (Å²) in [5.41, 5.74) is 1.68. The van der Waals surface area contributed by atoms with E-state index in [1.54, 1.807) is 48.8 Å². The van der Waals surface area contributed by atoms with Crippen molar-refractivity contribution in [2.75, 3.05) is 19.6 Å². The fraction of sp³-hybridized carbons (Fsp3) is 0.350. The molecule has 2 aromatic rings. The summed E-state index contributed by atoms with van der Waals surface area (Å²) >= 11 is 0. The van der Waals surface area contributed by atoms with Gasteiger partial charge in [0, 0.05) is 38.6 Å². The summed E-state index contributed by atoms with van der Waals surface area (Å²) in [7, 11) is -3.42. The third-order valence-corrected chi connectivity index (χ3v) is 6.62. The van der Waals surface area contributed by atoms with Gasteiger partial charge in [0.2, 0.25) is 10.0 Å². The Bertz CT molecular complexity index is 940. The Hall–Kier alpha value is -2.78. The van der Waals surface area contributed by atoms with E-state index in [1.807, 2.05) is 0 Å². The van der Waals surface area contributed by atoms with Crippen molar-refractivity contribution in [3.63, 3.8) is 0 Å². The maximum atomic E-state index is 12.5. The lowest BCUT2D eigenvalue weighted by Crippen LogP contribution is -2.40. The van der Waals surface area contributed by atoms with E-state index in [4.69, 9.17) is 0 Å². The average molecular weight is 417 g/mol. The van der Waals surface area contributed by atoms with E-state index in [-0.39, 0.29) is 18.0 Å². The molecule has 8 nitrogen and oxygen atoms in total. The largest absolute Gasteiger partial charge is 0.348 e. The lowest BCUT2D eigenvalue weighted by molar-refractivity contribution is -0.139. The van der Waals surface area contributed by atoms with E-state index in [9.17, 15) is 18.0 Å². The summed E-state index contributed by atoms with van der Waals surface area (Å²) in [5.74, 6) is -1.41. The molecule has 1 aromatic heterocycles. The zero-order chi connectivity index (χ0) is 20.7. The first-order valence-electron chi connectivity index (χ1n) is 9.51. The van der Waals surface area contributed by atoms with Crippen LogP contribution in [0.15, 0.2) is 53.7 Å². The number of carbonyl (C=O) groups excluding carboxylic acids is 2. The first-order valence-corrected chi connectivity index (χ1v) is 10.9. The van der Waals surface area contributed by atoms with Gasteiger partial charge in [0.1, 0.15) is 0 Å². The van der Waals surface area contributed by atoms with Gasteiger partial charge in [-0.05, 0) is 48.6 Å². The number of nitrogens with zero attached hydrogens (tertiary/aromatic N) is 2. The summed E-state index contributed by atoms with van der Waals surface area (Å²) < 4.78 is 26.5. The summed E-state index contributed by atoms with van der Waals surface area (Å²) in [6.45, 7) is 1.64. The van der Waals surface area contributed by atoms with Gasteiger partial charge in [-0.2, -0.15) is 4.31 Å². The lowest BCUT2D eigenvalue weighted by Gasteiger charge is -2.15. The maximum absolute atomic E-state index is 12.5. The molecule has 1 fully saturated rings. The molecule has 0 bridgehead atoms. The Morgan fingerprint density at radius 2 is 1.66 bits per heavy atom. The summed E-state index contributed by atoms with van der Waals surface area (Å²) in [5, 5.41) is 5.10. The molecule has 0 unspecified atom stereocenters. The molecular formula is C20H24N4O4S. The summed E-state index contributed by atoms with van der Waals surface area (Å²) in [6.07, 6.45) is 5.53. The molecule has 2 heterocycles. The Labute approximate surface area is 170 Å². The first kappa shape index (κ1) is 20.9. The second kappa shape index (κ2) is 9.62. The van der Waals surface area contributed by atoms with Crippen molar-refractivity contribution in [1.29, 1.82) is 0 Å². The SMILES string of the molecule is O=C(NCCc1ccc(S(=O)(=O)N2CCCC2)cc1)C(=O)NCc1cccnc1. The number of carbonyl (C=O) groups is 2. The molecular weight excluding hydrogens is 392 g/mol. The molecule has 29 heavy (non-hydrogen) atoms. The standard InChI is InChI=1S/C20H24N4O4S/c25-19(20(26)23-15-17-4-3-10-21-14-17)22-11-9-16-5-7-18(8-6-16)29(27,28)24-12-1-2-13-24/h3-8,10,14H,1-2,9,11-13,15H2,(H,22,25)(H,23,26). The smallest absolute Gasteiger partial charge is 0.309 e. The first-order chi connectivity index (χ1) is 14.0. The van der Waals surface area contributed by atoms with Crippen LogP contribution in [0.2, 0.25) is 0 Å². The molecule has 0 aliphatic carbocycles. The number of hydrogen-bond donors (Lipinski definition) is 2. The highest BCUT2D eigenvalue weighted by atomic mass is 32.2. The minimum atomic E-state index is -3.42. The molecule has 0 saturated carbocycles. The number of amides is 2. The minimum absolute atomic E-state index is 0.229. The van der Waals surface area contributed by atoms with Crippen LogP contribution < -0.4 is 10.6 Å². The van der Waals surface area contributed by atoms with Crippen molar-refractivity contribution in [1.82, 2.24) is 19.9 Å². The number of pyridine rings is 1. The third kappa shape index (κ3) is 5.61. The van der Waals surface area contributed by atoms with Crippen LogP contribution in [0.1, 0.15) is 24.0 Å². The highest BCUT2D eigenvalue weighted by Crippen LogP contribution is 2.21. The predicted octanol–water partition coefficient (Wildman–Crippen LogP) is 0.841. The zero-order valence-corrected chi connectivity index (χ0v) is 16.8. The third-order valence-electron chi connectivity index (χ3n) is 4.71. The average Bonchev–Trinajstić information content (AvgIpc) is 3.29. The summed E-state index contributed by atoms with van der Waals surface area (Å²) in [6, 6.07) is 10.2. The van der Waals surface area contributed by atoms with Crippen LogP contribution in [0, 0.1) is 0 Å². The van der Waals surface area contributed by atoms with Crippen LogP contribution >= 0.6 is 0 Å². The molecule has 1 aliphatic rings. The molecule has 0 atom stereocenters. The van der Waals surface area contributed by atoms with Crippen molar-refractivity contribution in [2.45, 2.75) is 30.7 Å². The molecule has 2 amide bonds. The molecule has 1 aliphatic heterocycles. The highest BCUT2D eigenvalue weighted by Gasteiger charge is 2.26. The monoisotopic (exact) mass is 416 g/mol. The molecule has 2 N–H and O–H groups in total. The van der Waals surface area contributed by atoms with Gasteiger partial charge in [-0.15, -0.1) is 0 Å². The Morgan fingerprint density at radius 1 is 0.966 bits per heavy atom. The number of benzene rings is 1. The van der Waals surface area contributed by atoms with E-state index in [0.29, 0.717) is 19.5 Å². The molecule has 154 valence electrons. The quantitative estimate of drug-likeness (QED) is 0.651. The molecule has 1 saturated heterocycles. The fourth-order valence-corrected chi connectivity index (χ4v) is 4.59. The van der Waals surface area contributed by atoms with E-state index >= 15 is 0 Å². The lowest BCUT2D eigenvalue weighted by atomic mass is 10.1.